The van der Waals surface area contributed by atoms with E-state index in [-0.39, 0.29) is 5.91 Å². The molecular weight excluding hydrogens is 446 g/mol. The lowest BCUT2D eigenvalue weighted by molar-refractivity contribution is -0.121. The van der Waals surface area contributed by atoms with E-state index in [1.54, 1.807) is 41.3 Å². The summed E-state index contributed by atoms with van der Waals surface area (Å²) < 4.78 is 6.65. The van der Waals surface area contributed by atoms with Crippen molar-refractivity contribution in [3.05, 3.63) is 68.5 Å². The summed E-state index contributed by atoms with van der Waals surface area (Å²) >= 11 is 9.93. The third kappa shape index (κ3) is 4.48. The van der Waals surface area contributed by atoms with Gasteiger partial charge in [0, 0.05) is 6.54 Å². The number of esters is 1. The van der Waals surface area contributed by atoms with Crippen molar-refractivity contribution in [1.29, 1.82) is 0 Å². The molecule has 0 atom stereocenters. The molecule has 1 fully saturated rings. The number of carbonyl (C=O) groups excluding carboxylic acids is 2. The van der Waals surface area contributed by atoms with Gasteiger partial charge >= 0.3 is 5.97 Å². The Hall–Kier alpha value is -1.96. The largest absolute Gasteiger partial charge is 0.422 e. The molecule has 0 unspecified atom stereocenters. The van der Waals surface area contributed by atoms with E-state index in [0.717, 1.165) is 11.1 Å². The van der Waals surface area contributed by atoms with Gasteiger partial charge in [0.25, 0.3) is 5.91 Å². The number of benzene rings is 2. The number of halogens is 1. The fraction of sp³-hybridized carbons (Fsp3) is 0.150. The number of ether oxygens (including phenoxy) is 1. The average Bonchev–Trinajstić information content (AvgIpc) is 2.90. The summed E-state index contributed by atoms with van der Waals surface area (Å²) in [6, 6.07) is 12.5. The van der Waals surface area contributed by atoms with Crippen LogP contribution in [-0.4, -0.2) is 27.6 Å². The Morgan fingerprint density at radius 2 is 1.96 bits per heavy atom. The molecule has 3 rings (SSSR count). The maximum Gasteiger partial charge on any atom is 0.343 e. The van der Waals surface area contributed by atoms with Crippen LogP contribution in [0.15, 0.2) is 51.8 Å². The molecule has 0 spiro atoms. The number of amides is 1. The average molecular weight is 462 g/mol. The van der Waals surface area contributed by atoms with Crippen molar-refractivity contribution < 1.29 is 14.3 Å². The number of aryl methyl sites for hydroxylation is 1. The van der Waals surface area contributed by atoms with Gasteiger partial charge in [-0.2, -0.15) is 0 Å². The standard InChI is InChI=1S/C20H16BrNO3S2/c1-3-22-18(23)17(27-20(22)26)11-13-6-9-16(15(21)10-13)25-19(24)14-7-4-12(2)5-8-14/h4-11H,3H2,1-2H3/b17-11-. The molecule has 1 aliphatic heterocycles. The smallest absolute Gasteiger partial charge is 0.343 e. The van der Waals surface area contributed by atoms with Gasteiger partial charge in [0.2, 0.25) is 0 Å². The summed E-state index contributed by atoms with van der Waals surface area (Å²) in [5, 5.41) is 0. The lowest BCUT2D eigenvalue weighted by Crippen LogP contribution is -2.27. The van der Waals surface area contributed by atoms with Crippen molar-refractivity contribution >= 4 is 62.2 Å². The van der Waals surface area contributed by atoms with Gasteiger partial charge in [0.1, 0.15) is 10.1 Å². The minimum Gasteiger partial charge on any atom is -0.422 e. The first kappa shape index (κ1) is 19.8. The molecule has 1 amide bonds. The number of likely N-dealkylation sites (N-methyl/N-ethyl adjacent to an activating group) is 1. The zero-order valence-corrected chi connectivity index (χ0v) is 17.9. The van der Waals surface area contributed by atoms with E-state index in [0.29, 0.717) is 31.6 Å². The number of rotatable bonds is 4. The first-order valence-electron chi connectivity index (χ1n) is 8.23. The molecule has 27 heavy (non-hydrogen) atoms. The van der Waals surface area contributed by atoms with Crippen LogP contribution >= 0.6 is 39.9 Å². The molecule has 0 bridgehead atoms. The highest BCUT2D eigenvalue weighted by Crippen LogP contribution is 2.34. The van der Waals surface area contributed by atoms with Gasteiger partial charge in [0.15, 0.2) is 0 Å². The van der Waals surface area contributed by atoms with Crippen LogP contribution in [0.5, 0.6) is 5.75 Å². The van der Waals surface area contributed by atoms with Crippen LogP contribution in [0, 0.1) is 6.92 Å². The first-order valence-corrected chi connectivity index (χ1v) is 10.2. The van der Waals surface area contributed by atoms with E-state index in [9.17, 15) is 9.59 Å². The highest BCUT2D eigenvalue weighted by Gasteiger charge is 2.30. The Bertz CT molecular complexity index is 954. The molecule has 2 aromatic carbocycles. The van der Waals surface area contributed by atoms with Crippen LogP contribution in [-0.2, 0) is 4.79 Å². The third-order valence-electron chi connectivity index (χ3n) is 3.93. The Labute approximate surface area is 175 Å². The molecule has 1 heterocycles. The van der Waals surface area contributed by atoms with Gasteiger partial charge in [-0.05, 0) is 65.7 Å². The lowest BCUT2D eigenvalue weighted by Gasteiger charge is -2.09. The number of thiocarbonyl (C=S) groups is 1. The topological polar surface area (TPSA) is 46.6 Å². The molecule has 1 aliphatic rings. The maximum atomic E-state index is 12.3. The summed E-state index contributed by atoms with van der Waals surface area (Å²) in [5.74, 6) is -0.0930. The number of nitrogens with zero attached hydrogens (tertiary/aromatic N) is 1. The van der Waals surface area contributed by atoms with E-state index in [1.807, 2.05) is 26.0 Å². The molecule has 1 saturated heterocycles. The van der Waals surface area contributed by atoms with E-state index >= 15 is 0 Å². The molecule has 0 N–H and O–H groups in total. The van der Waals surface area contributed by atoms with Crippen molar-refractivity contribution in [2.75, 3.05) is 6.54 Å². The summed E-state index contributed by atoms with van der Waals surface area (Å²) in [6.07, 6.45) is 1.78. The molecule has 138 valence electrons. The fourth-order valence-corrected chi connectivity index (χ4v) is 4.32. The Balaban J connectivity index is 1.77. The van der Waals surface area contributed by atoms with Gasteiger partial charge in [-0.25, -0.2) is 4.79 Å². The second kappa shape index (κ2) is 8.37. The number of carbonyl (C=O) groups is 2. The van der Waals surface area contributed by atoms with Crippen LogP contribution in [0.2, 0.25) is 0 Å². The van der Waals surface area contributed by atoms with Crippen molar-refractivity contribution in [2.24, 2.45) is 0 Å². The van der Waals surface area contributed by atoms with Gasteiger partial charge in [-0.1, -0.05) is 47.7 Å². The van der Waals surface area contributed by atoms with Crippen LogP contribution in [0.3, 0.4) is 0 Å². The fourth-order valence-electron chi connectivity index (χ4n) is 2.46. The van der Waals surface area contributed by atoms with Crippen LogP contribution in [0.25, 0.3) is 6.08 Å². The van der Waals surface area contributed by atoms with Crippen LogP contribution in [0.1, 0.15) is 28.4 Å². The van der Waals surface area contributed by atoms with Crippen molar-refractivity contribution in [1.82, 2.24) is 4.90 Å². The van der Waals surface area contributed by atoms with E-state index in [4.69, 9.17) is 17.0 Å². The van der Waals surface area contributed by atoms with Crippen molar-refractivity contribution in [2.45, 2.75) is 13.8 Å². The van der Waals surface area contributed by atoms with Crippen LogP contribution in [0.4, 0.5) is 0 Å². The summed E-state index contributed by atoms with van der Waals surface area (Å²) in [5.41, 5.74) is 2.37. The van der Waals surface area contributed by atoms with E-state index in [2.05, 4.69) is 15.9 Å². The molecule has 0 saturated carbocycles. The maximum absolute atomic E-state index is 12.3. The zero-order valence-electron chi connectivity index (χ0n) is 14.7. The van der Waals surface area contributed by atoms with E-state index in [1.165, 1.54) is 11.8 Å². The van der Waals surface area contributed by atoms with Gasteiger partial charge in [-0.3, -0.25) is 9.69 Å². The number of hydrogen-bond acceptors (Lipinski definition) is 5. The second-order valence-corrected chi connectivity index (χ2v) is 8.40. The quantitative estimate of drug-likeness (QED) is 0.271. The Morgan fingerprint density at radius 3 is 2.56 bits per heavy atom. The lowest BCUT2D eigenvalue weighted by atomic mass is 10.1. The predicted octanol–water partition coefficient (Wildman–Crippen LogP) is 5.20. The normalized spacial score (nSPS) is 15.5. The molecule has 0 aromatic heterocycles. The highest BCUT2D eigenvalue weighted by atomic mass is 79.9. The predicted molar refractivity (Wildman–Crippen MR) is 116 cm³/mol. The second-order valence-electron chi connectivity index (χ2n) is 5.87. The van der Waals surface area contributed by atoms with Gasteiger partial charge < -0.3 is 4.74 Å². The molecular formula is C20H16BrNO3S2. The van der Waals surface area contributed by atoms with Crippen molar-refractivity contribution in [3.63, 3.8) is 0 Å². The monoisotopic (exact) mass is 461 g/mol. The molecule has 0 radical (unpaired) electrons. The summed E-state index contributed by atoms with van der Waals surface area (Å²) in [4.78, 5) is 26.7. The molecule has 2 aromatic rings. The SMILES string of the molecule is CCN1C(=O)/C(=C/c2ccc(OC(=O)c3ccc(C)cc3)c(Br)c2)SC1=S. The first-order chi connectivity index (χ1) is 12.9. The van der Waals surface area contributed by atoms with Gasteiger partial charge in [-0.15, -0.1) is 0 Å². The zero-order chi connectivity index (χ0) is 19.6. The minimum atomic E-state index is -0.424. The number of thioether (sulfide) groups is 1. The van der Waals surface area contributed by atoms with Crippen molar-refractivity contribution in [3.8, 4) is 5.75 Å². The summed E-state index contributed by atoms with van der Waals surface area (Å²) in [6.45, 7) is 4.40. The highest BCUT2D eigenvalue weighted by molar-refractivity contribution is 9.10. The summed E-state index contributed by atoms with van der Waals surface area (Å²) in [7, 11) is 0. The minimum absolute atomic E-state index is 0.0847. The molecule has 7 heteroatoms. The van der Waals surface area contributed by atoms with E-state index < -0.39 is 5.97 Å². The Kier molecular flexibility index (Phi) is 6.14. The van der Waals surface area contributed by atoms with Gasteiger partial charge in [0.05, 0.1) is 14.9 Å². The molecule has 4 nitrogen and oxygen atoms in total. The third-order valence-corrected chi connectivity index (χ3v) is 5.93. The Morgan fingerprint density at radius 1 is 1.26 bits per heavy atom. The number of hydrogen-bond donors (Lipinski definition) is 0. The van der Waals surface area contributed by atoms with Crippen LogP contribution < -0.4 is 4.74 Å². The molecule has 0 aliphatic carbocycles.